The summed E-state index contributed by atoms with van der Waals surface area (Å²) in [5.74, 6) is -1.71. The lowest BCUT2D eigenvalue weighted by Gasteiger charge is -2.31. The van der Waals surface area contributed by atoms with Crippen molar-refractivity contribution in [3.63, 3.8) is 0 Å². The van der Waals surface area contributed by atoms with Crippen LogP contribution in [0.1, 0.15) is 18.9 Å². The van der Waals surface area contributed by atoms with Crippen LogP contribution in [0.3, 0.4) is 0 Å². The minimum atomic E-state index is -0.860. The number of hydrogen-bond donors (Lipinski definition) is 4. The molecule has 3 rings (SSSR count). The third-order valence-electron chi connectivity index (χ3n) is 5.48. The Morgan fingerprint density at radius 3 is 2.68 bits per heavy atom. The van der Waals surface area contributed by atoms with Gasteiger partial charge in [-0.05, 0) is 47.7 Å². The number of benzene rings is 2. The smallest absolute Gasteiger partial charge is 0.412 e. The molecule has 3 amide bonds. The van der Waals surface area contributed by atoms with Crippen LogP contribution in [0.25, 0.3) is 10.8 Å². The molecule has 202 valence electrons. The van der Waals surface area contributed by atoms with E-state index in [1.165, 1.54) is 48.5 Å². The SMILES string of the molecule is CC(=O)N(NCc1cccc(F)c1Cl)[C@@H](CCNC(=O)CN)COC(=O)Nc1cc2cc(F)ccc2cn1. The van der Waals surface area contributed by atoms with Gasteiger partial charge >= 0.3 is 6.09 Å². The number of halogens is 3. The number of hydrogen-bond acceptors (Lipinski definition) is 7. The number of anilines is 1. The zero-order valence-corrected chi connectivity index (χ0v) is 21.2. The number of nitrogens with two attached hydrogens (primary N) is 1. The largest absolute Gasteiger partial charge is 0.447 e. The number of rotatable bonds is 11. The Hall–Kier alpha value is -3.87. The molecule has 0 aliphatic heterocycles. The quantitative estimate of drug-likeness (QED) is 0.270. The maximum atomic E-state index is 13.8. The molecule has 1 heterocycles. The number of ether oxygens (including phenoxy) is 1. The fraction of sp³-hybridized carbons (Fsp3) is 0.280. The molecule has 13 heteroatoms. The molecule has 0 saturated carbocycles. The van der Waals surface area contributed by atoms with Crippen LogP contribution >= 0.6 is 11.6 Å². The third-order valence-corrected chi connectivity index (χ3v) is 5.90. The number of nitrogens with one attached hydrogen (secondary N) is 3. The summed E-state index contributed by atoms with van der Waals surface area (Å²) in [6.07, 6.45) is 0.809. The molecule has 0 aliphatic rings. The molecule has 0 aliphatic carbocycles. The predicted octanol–water partition coefficient (Wildman–Crippen LogP) is 3.10. The molecule has 0 spiro atoms. The van der Waals surface area contributed by atoms with E-state index < -0.39 is 35.6 Å². The second kappa shape index (κ2) is 13.6. The molecule has 5 N–H and O–H groups in total. The highest BCUT2D eigenvalue weighted by Crippen LogP contribution is 2.20. The van der Waals surface area contributed by atoms with Crippen LogP contribution in [-0.4, -0.2) is 53.6 Å². The van der Waals surface area contributed by atoms with Crippen molar-refractivity contribution in [3.8, 4) is 0 Å². The molecule has 10 nitrogen and oxygen atoms in total. The van der Waals surface area contributed by atoms with Crippen molar-refractivity contribution in [2.45, 2.75) is 25.9 Å². The van der Waals surface area contributed by atoms with E-state index in [1.54, 1.807) is 12.1 Å². The molecule has 38 heavy (non-hydrogen) atoms. The van der Waals surface area contributed by atoms with Gasteiger partial charge in [-0.1, -0.05) is 23.7 Å². The number of fused-ring (bicyclic) bond motifs is 1. The van der Waals surface area contributed by atoms with E-state index in [-0.39, 0.29) is 43.5 Å². The fourth-order valence-electron chi connectivity index (χ4n) is 3.58. The maximum absolute atomic E-state index is 13.8. The first-order valence-electron chi connectivity index (χ1n) is 11.6. The van der Waals surface area contributed by atoms with Crippen LogP contribution < -0.4 is 21.8 Å². The number of carbonyl (C=O) groups excluding carboxylic acids is 3. The van der Waals surface area contributed by atoms with Crippen LogP contribution in [0.5, 0.6) is 0 Å². The van der Waals surface area contributed by atoms with Gasteiger partial charge in [0.25, 0.3) is 0 Å². The standard InChI is InChI=1S/C25H27ClF2N6O4/c1-15(35)34(32-13-17-3-2-4-21(28)24(17)26)20(7-8-30-23(36)11-29)14-38-25(37)33-22-10-18-9-19(27)6-5-16(18)12-31-22/h2-6,9-10,12,20,32H,7-8,11,13-14,29H2,1H3,(H,30,36)(H,31,33,37)/t20-/m0/s1. The average Bonchev–Trinajstić information content (AvgIpc) is 2.88. The van der Waals surface area contributed by atoms with Crippen molar-refractivity contribution in [1.82, 2.24) is 20.7 Å². The van der Waals surface area contributed by atoms with E-state index >= 15 is 0 Å². The maximum Gasteiger partial charge on any atom is 0.412 e. The monoisotopic (exact) mass is 548 g/mol. The summed E-state index contributed by atoms with van der Waals surface area (Å²) in [6, 6.07) is 9.23. The lowest BCUT2D eigenvalue weighted by molar-refractivity contribution is -0.136. The van der Waals surface area contributed by atoms with Gasteiger partial charge in [0.1, 0.15) is 24.1 Å². The highest BCUT2D eigenvalue weighted by molar-refractivity contribution is 6.31. The zero-order valence-electron chi connectivity index (χ0n) is 20.5. The first-order chi connectivity index (χ1) is 18.2. The minimum absolute atomic E-state index is 0.00555. The van der Waals surface area contributed by atoms with Crippen LogP contribution in [0.2, 0.25) is 5.02 Å². The van der Waals surface area contributed by atoms with Crippen molar-refractivity contribution in [2.24, 2.45) is 5.73 Å². The topological polar surface area (TPSA) is 139 Å². The Morgan fingerprint density at radius 1 is 1.16 bits per heavy atom. The minimum Gasteiger partial charge on any atom is -0.447 e. The Labute approximate surface area is 222 Å². The van der Waals surface area contributed by atoms with Crippen molar-refractivity contribution in [2.75, 3.05) is 25.0 Å². The first-order valence-corrected chi connectivity index (χ1v) is 12.0. The zero-order chi connectivity index (χ0) is 27.7. The summed E-state index contributed by atoms with van der Waals surface area (Å²) in [5, 5.41) is 7.42. The highest BCUT2D eigenvalue weighted by Gasteiger charge is 2.24. The van der Waals surface area contributed by atoms with E-state index in [1.807, 2.05) is 0 Å². The van der Waals surface area contributed by atoms with Crippen molar-refractivity contribution in [3.05, 3.63) is 70.9 Å². The van der Waals surface area contributed by atoms with Gasteiger partial charge in [-0.15, -0.1) is 0 Å². The van der Waals surface area contributed by atoms with Gasteiger partial charge in [-0.3, -0.25) is 19.9 Å². The Morgan fingerprint density at radius 2 is 1.95 bits per heavy atom. The van der Waals surface area contributed by atoms with Gasteiger partial charge in [-0.25, -0.2) is 24.0 Å². The average molecular weight is 549 g/mol. The molecule has 0 bridgehead atoms. The highest BCUT2D eigenvalue weighted by atomic mass is 35.5. The Balaban J connectivity index is 1.68. The normalized spacial score (nSPS) is 11.6. The second-order valence-electron chi connectivity index (χ2n) is 8.22. The molecular weight excluding hydrogens is 522 g/mol. The van der Waals surface area contributed by atoms with E-state index in [0.29, 0.717) is 16.3 Å². The Kier molecular flexibility index (Phi) is 10.3. The summed E-state index contributed by atoms with van der Waals surface area (Å²) in [5.41, 5.74) is 8.61. The van der Waals surface area contributed by atoms with Crippen LogP contribution in [-0.2, 0) is 20.9 Å². The van der Waals surface area contributed by atoms with Gasteiger partial charge in [0, 0.05) is 31.6 Å². The number of hydrazine groups is 1. The molecule has 0 fully saturated rings. The lowest BCUT2D eigenvalue weighted by atomic mass is 10.2. The van der Waals surface area contributed by atoms with Gasteiger partial charge in [0.05, 0.1) is 17.6 Å². The second-order valence-corrected chi connectivity index (χ2v) is 8.60. The van der Waals surface area contributed by atoms with Crippen LogP contribution in [0.15, 0.2) is 48.7 Å². The number of amides is 3. The Bertz CT molecular complexity index is 1310. The molecule has 0 saturated heterocycles. The predicted molar refractivity (Wildman–Crippen MR) is 138 cm³/mol. The summed E-state index contributed by atoms with van der Waals surface area (Å²) in [4.78, 5) is 40.6. The summed E-state index contributed by atoms with van der Waals surface area (Å²) in [7, 11) is 0. The molecule has 0 radical (unpaired) electrons. The number of nitrogens with zero attached hydrogens (tertiary/aromatic N) is 2. The van der Waals surface area contributed by atoms with E-state index in [4.69, 9.17) is 22.1 Å². The number of pyridine rings is 1. The van der Waals surface area contributed by atoms with Gasteiger partial charge in [0.15, 0.2) is 0 Å². The van der Waals surface area contributed by atoms with Crippen LogP contribution in [0, 0.1) is 11.6 Å². The molecule has 2 aromatic carbocycles. The first kappa shape index (κ1) is 28.7. The van der Waals surface area contributed by atoms with Crippen molar-refractivity contribution in [1.29, 1.82) is 0 Å². The molecule has 0 unspecified atom stereocenters. The van der Waals surface area contributed by atoms with Gasteiger partial charge < -0.3 is 15.8 Å². The van der Waals surface area contributed by atoms with Crippen LogP contribution in [0.4, 0.5) is 19.4 Å². The van der Waals surface area contributed by atoms with E-state index in [2.05, 4.69) is 21.0 Å². The molecule has 1 aromatic heterocycles. The van der Waals surface area contributed by atoms with Crippen molar-refractivity contribution >= 4 is 46.1 Å². The summed E-state index contributed by atoms with van der Waals surface area (Å²) < 4.78 is 32.7. The van der Waals surface area contributed by atoms with E-state index in [9.17, 15) is 23.2 Å². The van der Waals surface area contributed by atoms with Crippen molar-refractivity contribution < 1.29 is 27.9 Å². The number of carbonyl (C=O) groups is 3. The third kappa shape index (κ3) is 8.07. The van der Waals surface area contributed by atoms with E-state index in [0.717, 1.165) is 0 Å². The molecular formula is C25H27ClF2N6O4. The lowest BCUT2D eigenvalue weighted by Crippen LogP contribution is -2.51. The number of aromatic nitrogens is 1. The van der Waals surface area contributed by atoms with Gasteiger partial charge in [0.2, 0.25) is 11.8 Å². The summed E-state index contributed by atoms with van der Waals surface area (Å²) >= 11 is 6.01. The summed E-state index contributed by atoms with van der Waals surface area (Å²) in [6.45, 7) is 0.958. The molecule has 1 atom stereocenters. The molecule has 3 aromatic rings. The fourth-order valence-corrected chi connectivity index (χ4v) is 3.78. The van der Waals surface area contributed by atoms with Gasteiger partial charge in [-0.2, -0.15) is 0 Å².